The Bertz CT molecular complexity index is 364. The number of carbonyl (C=O) groups is 1. The third-order valence-corrected chi connectivity index (χ3v) is 3.28. The number of carbonyl (C=O) groups excluding carboxylic acids is 1. The van der Waals surface area contributed by atoms with Gasteiger partial charge in [0.15, 0.2) is 5.78 Å². The molecule has 3 nitrogen and oxygen atoms in total. The first kappa shape index (κ1) is 12.1. The summed E-state index contributed by atoms with van der Waals surface area (Å²) in [4.78, 5) is 12.0. The quantitative estimate of drug-likeness (QED) is 0.789. The summed E-state index contributed by atoms with van der Waals surface area (Å²) < 4.78 is 0. The predicted molar refractivity (Wildman–Crippen MR) is 67.3 cm³/mol. The Morgan fingerprint density at radius 3 is 2.76 bits per heavy atom. The van der Waals surface area contributed by atoms with Crippen LogP contribution in [0.4, 0.5) is 0 Å². The van der Waals surface area contributed by atoms with E-state index < -0.39 is 0 Å². The van der Waals surface area contributed by atoms with Crippen LogP contribution in [0, 0.1) is 0 Å². The van der Waals surface area contributed by atoms with Gasteiger partial charge in [0.2, 0.25) is 0 Å². The molecule has 92 valence electrons. The van der Waals surface area contributed by atoms with Crippen molar-refractivity contribution in [3.8, 4) is 5.75 Å². The van der Waals surface area contributed by atoms with Crippen molar-refractivity contribution in [1.82, 2.24) is 5.32 Å². The molecule has 17 heavy (non-hydrogen) atoms. The maximum Gasteiger partial charge on any atom is 0.164 e. The van der Waals surface area contributed by atoms with Crippen LogP contribution in [0.2, 0.25) is 0 Å². The van der Waals surface area contributed by atoms with Crippen molar-refractivity contribution in [3.63, 3.8) is 0 Å². The van der Waals surface area contributed by atoms with Gasteiger partial charge in [-0.25, -0.2) is 0 Å². The number of phenols is 1. The van der Waals surface area contributed by atoms with E-state index in [1.54, 1.807) is 24.3 Å². The second kappa shape index (κ2) is 5.82. The highest BCUT2D eigenvalue weighted by Gasteiger charge is 2.16. The molecule has 0 radical (unpaired) electrons. The third kappa shape index (κ3) is 3.56. The number of phenolic OH excluding ortho intramolecular Hbond substituents is 1. The van der Waals surface area contributed by atoms with Crippen LogP contribution in [-0.2, 0) is 0 Å². The lowest BCUT2D eigenvalue weighted by Crippen LogP contribution is -2.30. The molecule has 0 saturated carbocycles. The van der Waals surface area contributed by atoms with Gasteiger partial charge in [0.05, 0.1) is 0 Å². The van der Waals surface area contributed by atoms with E-state index >= 15 is 0 Å². The highest BCUT2D eigenvalue weighted by atomic mass is 16.3. The van der Waals surface area contributed by atoms with Crippen molar-refractivity contribution in [2.45, 2.75) is 38.1 Å². The summed E-state index contributed by atoms with van der Waals surface area (Å²) in [5.41, 5.74) is 0.689. The topological polar surface area (TPSA) is 49.3 Å². The summed E-state index contributed by atoms with van der Waals surface area (Å²) in [7, 11) is 0. The maximum atomic E-state index is 12.0. The standard InChI is InChI=1S/C14H19NO2/c16-13-7-5-11(6-8-13)14(17)10-12-4-2-1-3-9-15-12/h5-8,12,15-16H,1-4,9-10H2. The molecular weight excluding hydrogens is 214 g/mol. The number of rotatable bonds is 3. The SMILES string of the molecule is O=C(CC1CCCCCN1)c1ccc(O)cc1. The van der Waals surface area contributed by atoms with Gasteiger partial charge in [0.25, 0.3) is 0 Å². The molecule has 2 rings (SSSR count). The molecule has 0 bridgehead atoms. The van der Waals surface area contributed by atoms with Gasteiger partial charge >= 0.3 is 0 Å². The Labute approximate surface area is 102 Å². The van der Waals surface area contributed by atoms with E-state index in [2.05, 4.69) is 5.32 Å². The minimum Gasteiger partial charge on any atom is -0.508 e. The van der Waals surface area contributed by atoms with Crippen LogP contribution in [-0.4, -0.2) is 23.5 Å². The van der Waals surface area contributed by atoms with Crippen molar-refractivity contribution < 1.29 is 9.90 Å². The first-order chi connectivity index (χ1) is 8.25. The number of Topliss-reactive ketones (excluding diaryl/α,β-unsaturated/α-hetero) is 1. The average molecular weight is 233 g/mol. The van der Waals surface area contributed by atoms with Gasteiger partial charge in [-0.05, 0) is 43.7 Å². The van der Waals surface area contributed by atoms with Crippen molar-refractivity contribution in [2.24, 2.45) is 0 Å². The average Bonchev–Trinajstić information content (AvgIpc) is 2.58. The molecule has 2 N–H and O–H groups in total. The lowest BCUT2D eigenvalue weighted by Gasteiger charge is -2.14. The van der Waals surface area contributed by atoms with E-state index in [0.29, 0.717) is 18.0 Å². The van der Waals surface area contributed by atoms with Crippen molar-refractivity contribution >= 4 is 5.78 Å². The summed E-state index contributed by atoms with van der Waals surface area (Å²) in [6, 6.07) is 6.82. The Hall–Kier alpha value is -1.35. The number of hydrogen-bond acceptors (Lipinski definition) is 3. The molecule has 1 atom stereocenters. The highest BCUT2D eigenvalue weighted by Crippen LogP contribution is 2.15. The number of aromatic hydroxyl groups is 1. The molecule has 0 aromatic heterocycles. The molecule has 1 aliphatic rings. The molecule has 1 saturated heterocycles. The van der Waals surface area contributed by atoms with Crippen molar-refractivity contribution in [3.05, 3.63) is 29.8 Å². The van der Waals surface area contributed by atoms with Crippen LogP contribution in [0.25, 0.3) is 0 Å². The minimum atomic E-state index is 0.157. The van der Waals surface area contributed by atoms with E-state index in [9.17, 15) is 9.90 Å². The Morgan fingerprint density at radius 2 is 2.00 bits per heavy atom. The van der Waals surface area contributed by atoms with Gasteiger partial charge in [-0.15, -0.1) is 0 Å². The molecule has 3 heteroatoms. The van der Waals surface area contributed by atoms with Crippen LogP contribution in [0.15, 0.2) is 24.3 Å². The van der Waals surface area contributed by atoms with E-state index in [1.807, 2.05) is 0 Å². The van der Waals surface area contributed by atoms with Gasteiger partial charge in [-0.1, -0.05) is 12.8 Å². The second-order valence-electron chi connectivity index (χ2n) is 4.67. The van der Waals surface area contributed by atoms with E-state index in [-0.39, 0.29) is 11.5 Å². The van der Waals surface area contributed by atoms with Gasteiger partial charge < -0.3 is 10.4 Å². The predicted octanol–water partition coefficient (Wildman–Crippen LogP) is 2.50. The Balaban J connectivity index is 1.93. The Morgan fingerprint density at radius 1 is 1.24 bits per heavy atom. The fraction of sp³-hybridized carbons (Fsp3) is 0.500. The van der Waals surface area contributed by atoms with Crippen molar-refractivity contribution in [2.75, 3.05) is 6.54 Å². The lowest BCUT2D eigenvalue weighted by molar-refractivity contribution is 0.0968. The van der Waals surface area contributed by atoms with E-state index in [1.165, 1.54) is 19.3 Å². The molecule has 1 aromatic rings. The molecular formula is C14H19NO2. The number of nitrogens with one attached hydrogen (secondary N) is 1. The molecule has 1 aromatic carbocycles. The summed E-state index contributed by atoms with van der Waals surface area (Å²) >= 11 is 0. The van der Waals surface area contributed by atoms with Gasteiger partial charge in [0, 0.05) is 18.0 Å². The van der Waals surface area contributed by atoms with Crippen molar-refractivity contribution in [1.29, 1.82) is 0 Å². The van der Waals surface area contributed by atoms with Crippen LogP contribution >= 0.6 is 0 Å². The number of ketones is 1. The number of hydrogen-bond donors (Lipinski definition) is 2. The van der Waals surface area contributed by atoms with E-state index in [0.717, 1.165) is 13.0 Å². The zero-order chi connectivity index (χ0) is 12.1. The fourth-order valence-corrected chi connectivity index (χ4v) is 2.26. The van der Waals surface area contributed by atoms with Crippen LogP contribution in [0.3, 0.4) is 0 Å². The molecule has 0 amide bonds. The van der Waals surface area contributed by atoms with Gasteiger partial charge in [-0.2, -0.15) is 0 Å². The summed E-state index contributed by atoms with van der Waals surface area (Å²) in [5, 5.41) is 12.6. The zero-order valence-corrected chi connectivity index (χ0v) is 9.98. The minimum absolute atomic E-state index is 0.157. The second-order valence-corrected chi connectivity index (χ2v) is 4.67. The van der Waals surface area contributed by atoms with Crippen LogP contribution in [0.1, 0.15) is 42.5 Å². The normalized spacial score (nSPS) is 20.8. The van der Waals surface area contributed by atoms with Gasteiger partial charge in [-0.3, -0.25) is 4.79 Å². The first-order valence-corrected chi connectivity index (χ1v) is 6.31. The van der Waals surface area contributed by atoms with Crippen LogP contribution < -0.4 is 5.32 Å². The Kier molecular flexibility index (Phi) is 4.15. The summed E-state index contributed by atoms with van der Waals surface area (Å²) in [6.07, 6.45) is 5.33. The summed E-state index contributed by atoms with van der Waals surface area (Å²) in [5.74, 6) is 0.360. The molecule has 1 aliphatic heterocycles. The third-order valence-electron chi connectivity index (χ3n) is 3.28. The molecule has 1 unspecified atom stereocenters. The molecule has 0 spiro atoms. The monoisotopic (exact) mass is 233 g/mol. The van der Waals surface area contributed by atoms with Gasteiger partial charge in [0.1, 0.15) is 5.75 Å². The largest absolute Gasteiger partial charge is 0.508 e. The maximum absolute atomic E-state index is 12.0. The molecule has 0 aliphatic carbocycles. The fourth-order valence-electron chi connectivity index (χ4n) is 2.26. The smallest absolute Gasteiger partial charge is 0.164 e. The molecule has 1 fully saturated rings. The van der Waals surface area contributed by atoms with E-state index in [4.69, 9.17) is 0 Å². The first-order valence-electron chi connectivity index (χ1n) is 6.31. The summed E-state index contributed by atoms with van der Waals surface area (Å²) in [6.45, 7) is 1.02. The van der Waals surface area contributed by atoms with Crippen LogP contribution in [0.5, 0.6) is 5.75 Å². The highest BCUT2D eigenvalue weighted by molar-refractivity contribution is 5.96. The lowest BCUT2D eigenvalue weighted by atomic mass is 10.0. The number of benzene rings is 1. The zero-order valence-electron chi connectivity index (χ0n) is 9.98. The molecule has 1 heterocycles.